The van der Waals surface area contributed by atoms with Gasteiger partial charge in [0.1, 0.15) is 0 Å². The first-order chi connectivity index (χ1) is 14.2. The van der Waals surface area contributed by atoms with Gasteiger partial charge >= 0.3 is 6.18 Å². The van der Waals surface area contributed by atoms with E-state index in [0.29, 0.717) is 20.2 Å². The number of hydrogen-bond acceptors (Lipinski definition) is 4. The molecule has 2 heterocycles. The fourth-order valence-corrected chi connectivity index (χ4v) is 3.16. The monoisotopic (exact) mass is 475 g/mol. The first-order valence-electron chi connectivity index (χ1n) is 8.70. The van der Waals surface area contributed by atoms with Gasteiger partial charge in [-0.25, -0.2) is 4.98 Å². The molecular weight excluding hydrogens is 463 g/mol. The van der Waals surface area contributed by atoms with E-state index in [1.165, 1.54) is 0 Å². The van der Waals surface area contributed by atoms with Crippen molar-refractivity contribution in [2.75, 3.05) is 5.32 Å². The van der Waals surface area contributed by atoms with Gasteiger partial charge in [0, 0.05) is 10.0 Å². The van der Waals surface area contributed by atoms with Crippen molar-refractivity contribution in [2.24, 2.45) is 0 Å². The molecule has 0 aliphatic carbocycles. The third-order valence-corrected chi connectivity index (χ3v) is 4.97. The van der Waals surface area contributed by atoms with Crippen LogP contribution in [0.25, 0.3) is 17.0 Å². The van der Waals surface area contributed by atoms with Crippen LogP contribution in [0.2, 0.25) is 0 Å². The maximum Gasteiger partial charge on any atom is 0.433 e. The van der Waals surface area contributed by atoms with Crippen molar-refractivity contribution in [1.82, 2.24) is 19.6 Å². The lowest BCUT2D eigenvalue weighted by Gasteiger charge is -2.10. The van der Waals surface area contributed by atoms with Crippen LogP contribution in [-0.4, -0.2) is 25.5 Å². The molecule has 10 heteroatoms. The molecule has 0 saturated heterocycles. The summed E-state index contributed by atoms with van der Waals surface area (Å²) in [6, 6.07) is 14.6. The normalized spacial score (nSPS) is 11.6. The van der Waals surface area contributed by atoms with E-state index in [1.54, 1.807) is 48.5 Å². The number of benzene rings is 2. The second kappa shape index (κ2) is 7.52. The van der Waals surface area contributed by atoms with Crippen molar-refractivity contribution < 1.29 is 18.0 Å². The second-order valence-electron chi connectivity index (χ2n) is 6.47. The minimum Gasteiger partial charge on any atom is -0.318 e. The molecule has 0 saturated carbocycles. The molecule has 4 rings (SSSR count). The maximum atomic E-state index is 13.7. The average molecular weight is 476 g/mol. The number of nitrogens with zero attached hydrogens (tertiary/aromatic N) is 4. The molecule has 0 radical (unpaired) electrons. The highest BCUT2D eigenvalue weighted by Crippen LogP contribution is 2.32. The largest absolute Gasteiger partial charge is 0.433 e. The smallest absolute Gasteiger partial charge is 0.318 e. The van der Waals surface area contributed by atoms with Crippen molar-refractivity contribution >= 4 is 33.3 Å². The van der Waals surface area contributed by atoms with Crippen molar-refractivity contribution in [3.63, 3.8) is 0 Å². The van der Waals surface area contributed by atoms with Crippen LogP contribution in [0.15, 0.2) is 59.1 Å². The second-order valence-corrected chi connectivity index (χ2v) is 7.33. The Bertz CT molecular complexity index is 1250. The molecule has 6 nitrogen and oxygen atoms in total. The Kier molecular flexibility index (Phi) is 5.02. The number of aromatic nitrogens is 4. The van der Waals surface area contributed by atoms with E-state index in [2.05, 4.69) is 36.3 Å². The van der Waals surface area contributed by atoms with E-state index >= 15 is 0 Å². The molecule has 4 aromatic rings. The minimum absolute atomic E-state index is 0.0833. The van der Waals surface area contributed by atoms with Gasteiger partial charge in [-0.3, -0.25) is 4.79 Å². The predicted molar refractivity (Wildman–Crippen MR) is 108 cm³/mol. The van der Waals surface area contributed by atoms with Gasteiger partial charge in [0.25, 0.3) is 11.7 Å². The van der Waals surface area contributed by atoms with Gasteiger partial charge < -0.3 is 5.32 Å². The summed E-state index contributed by atoms with van der Waals surface area (Å²) in [5.74, 6) is -1.50. The summed E-state index contributed by atoms with van der Waals surface area (Å²) >= 11 is 3.29. The number of hydrogen-bond donors (Lipinski definition) is 1. The van der Waals surface area contributed by atoms with Gasteiger partial charge in [-0.1, -0.05) is 42.0 Å². The molecule has 0 aliphatic rings. The zero-order valence-electron chi connectivity index (χ0n) is 15.4. The Hall–Kier alpha value is -3.27. The van der Waals surface area contributed by atoms with Gasteiger partial charge in [0.2, 0.25) is 5.82 Å². The Morgan fingerprint density at radius 2 is 1.77 bits per heavy atom. The molecule has 152 valence electrons. The van der Waals surface area contributed by atoms with Crippen molar-refractivity contribution in [3.05, 3.63) is 76.2 Å². The number of para-hydroxylation sites is 1. The Balaban J connectivity index is 1.80. The quantitative estimate of drug-likeness (QED) is 0.445. The molecule has 1 N–H and O–H groups in total. The number of aryl methyl sites for hydroxylation is 1. The van der Waals surface area contributed by atoms with Crippen LogP contribution < -0.4 is 5.32 Å². The molecule has 0 aliphatic heterocycles. The lowest BCUT2D eigenvalue weighted by Crippen LogP contribution is -2.16. The van der Waals surface area contributed by atoms with E-state index in [1.807, 2.05) is 6.92 Å². The van der Waals surface area contributed by atoms with E-state index < -0.39 is 23.6 Å². The van der Waals surface area contributed by atoms with Crippen molar-refractivity contribution in [3.8, 4) is 11.3 Å². The molecule has 0 atom stereocenters. The van der Waals surface area contributed by atoms with Gasteiger partial charge in [-0.2, -0.15) is 22.7 Å². The molecule has 1 amide bonds. The molecule has 0 bridgehead atoms. The Morgan fingerprint density at radius 3 is 2.43 bits per heavy atom. The lowest BCUT2D eigenvalue weighted by molar-refractivity contribution is -0.142. The third-order valence-electron chi connectivity index (χ3n) is 4.28. The van der Waals surface area contributed by atoms with E-state index in [4.69, 9.17) is 0 Å². The highest BCUT2D eigenvalue weighted by atomic mass is 79.9. The standard InChI is InChI=1S/C20H13BrF3N5O/c1-11-6-8-12(9-7-11)15-10-16(20(22,23)24)29-19(26-15)27-17(28-29)18(30)25-14-5-3-2-4-13(14)21/h2-10H,1H3,(H,25,30). The molecule has 0 fully saturated rings. The number of rotatable bonds is 3. The SMILES string of the molecule is Cc1ccc(-c2cc(C(F)(F)F)n3nc(C(=O)Nc4ccccc4Br)nc3n2)cc1. The summed E-state index contributed by atoms with van der Waals surface area (Å²) in [6.07, 6.45) is -4.72. The molecular formula is C20H13BrF3N5O. The van der Waals surface area contributed by atoms with Gasteiger partial charge in [0.05, 0.1) is 11.4 Å². The van der Waals surface area contributed by atoms with Crippen LogP contribution in [0.4, 0.5) is 18.9 Å². The van der Waals surface area contributed by atoms with Crippen LogP contribution in [0, 0.1) is 6.92 Å². The molecule has 2 aromatic heterocycles. The zero-order valence-corrected chi connectivity index (χ0v) is 17.0. The number of anilines is 1. The summed E-state index contributed by atoms with van der Waals surface area (Å²) in [7, 11) is 0. The highest BCUT2D eigenvalue weighted by molar-refractivity contribution is 9.10. The van der Waals surface area contributed by atoms with E-state index in [9.17, 15) is 18.0 Å². The molecule has 0 unspecified atom stereocenters. The first kappa shape index (κ1) is 20.0. The molecule has 0 spiro atoms. The molecule has 2 aromatic carbocycles. The third kappa shape index (κ3) is 3.90. The topological polar surface area (TPSA) is 72.2 Å². The van der Waals surface area contributed by atoms with Gasteiger partial charge in [-0.15, -0.1) is 5.10 Å². The van der Waals surface area contributed by atoms with Crippen molar-refractivity contribution in [1.29, 1.82) is 0 Å². The predicted octanol–water partition coefficient (Wildman–Crippen LogP) is 5.13. The van der Waals surface area contributed by atoms with Crippen molar-refractivity contribution in [2.45, 2.75) is 13.1 Å². The lowest BCUT2D eigenvalue weighted by atomic mass is 10.1. The van der Waals surface area contributed by atoms with Gasteiger partial charge in [-0.05, 0) is 41.1 Å². The van der Waals surface area contributed by atoms with Gasteiger partial charge in [0.15, 0.2) is 5.69 Å². The summed E-state index contributed by atoms with van der Waals surface area (Å²) in [4.78, 5) is 20.6. The average Bonchev–Trinajstić information content (AvgIpc) is 3.13. The highest BCUT2D eigenvalue weighted by Gasteiger charge is 2.36. The summed E-state index contributed by atoms with van der Waals surface area (Å²) < 4.78 is 42.1. The fourth-order valence-electron chi connectivity index (χ4n) is 2.78. The first-order valence-corrected chi connectivity index (χ1v) is 9.49. The molecule has 30 heavy (non-hydrogen) atoms. The maximum absolute atomic E-state index is 13.7. The number of fused-ring (bicyclic) bond motifs is 1. The van der Waals surface area contributed by atoms with Crippen LogP contribution in [0.1, 0.15) is 21.9 Å². The van der Waals surface area contributed by atoms with Crippen LogP contribution in [0.3, 0.4) is 0 Å². The number of carbonyl (C=O) groups excluding carboxylic acids is 1. The zero-order chi connectivity index (χ0) is 21.5. The summed E-state index contributed by atoms with van der Waals surface area (Å²) in [5, 5.41) is 6.31. The van der Waals surface area contributed by atoms with Crippen LogP contribution >= 0.6 is 15.9 Å². The van der Waals surface area contributed by atoms with E-state index in [0.717, 1.165) is 11.6 Å². The number of carbonyl (C=O) groups is 1. The number of nitrogens with one attached hydrogen (secondary N) is 1. The Morgan fingerprint density at radius 1 is 1.07 bits per heavy atom. The number of alkyl halides is 3. The minimum atomic E-state index is -4.72. The Labute approximate surface area is 176 Å². The fraction of sp³-hybridized carbons (Fsp3) is 0.100. The van der Waals surface area contributed by atoms with Crippen LogP contribution in [0.5, 0.6) is 0 Å². The number of amides is 1. The number of halogens is 4. The van der Waals surface area contributed by atoms with Crippen LogP contribution in [-0.2, 0) is 6.18 Å². The summed E-state index contributed by atoms with van der Waals surface area (Å²) in [5.41, 5.74) is 0.904. The summed E-state index contributed by atoms with van der Waals surface area (Å²) in [6.45, 7) is 1.87. The van der Waals surface area contributed by atoms with E-state index in [-0.39, 0.29) is 11.5 Å².